The van der Waals surface area contributed by atoms with Gasteiger partial charge in [0.2, 0.25) is 5.91 Å². The van der Waals surface area contributed by atoms with Gasteiger partial charge < -0.3 is 40.3 Å². The average molecular weight is 1140 g/mol. The van der Waals surface area contributed by atoms with Crippen molar-refractivity contribution in [1.82, 2.24) is 5.32 Å². The first-order chi connectivity index (χ1) is 39.8. The van der Waals surface area contributed by atoms with Crippen LogP contribution in [0.4, 0.5) is 0 Å². The van der Waals surface area contributed by atoms with Crippen molar-refractivity contribution in [1.29, 1.82) is 0 Å². The van der Waals surface area contributed by atoms with Crippen LogP contribution in [0.25, 0.3) is 0 Å². The normalized spacial score (nSPS) is 18.7. The maximum atomic E-state index is 13.2. The summed E-state index contributed by atoms with van der Waals surface area (Å²) in [5.41, 5.74) is 0. The lowest BCUT2D eigenvalue weighted by atomic mass is 9.99. The Hall–Kier alpha value is -2.11. The third-order valence-corrected chi connectivity index (χ3v) is 16.6. The van der Waals surface area contributed by atoms with Crippen LogP contribution in [0.1, 0.15) is 335 Å². The van der Waals surface area contributed by atoms with Gasteiger partial charge in [0, 0.05) is 6.42 Å². The number of rotatable bonds is 61. The van der Waals surface area contributed by atoms with E-state index < -0.39 is 49.5 Å². The quantitative estimate of drug-likeness (QED) is 0.0261. The maximum Gasteiger partial charge on any atom is 0.220 e. The number of hydrogen-bond acceptors (Lipinski definition) is 8. The van der Waals surface area contributed by atoms with E-state index in [2.05, 4.69) is 79.9 Å². The van der Waals surface area contributed by atoms with Crippen LogP contribution in [0.15, 0.2) is 60.8 Å². The second kappa shape index (κ2) is 61.0. The predicted molar refractivity (Wildman–Crippen MR) is 346 cm³/mol. The average Bonchev–Trinajstić information content (AvgIpc) is 3.51. The molecule has 7 unspecified atom stereocenters. The van der Waals surface area contributed by atoms with E-state index in [0.717, 1.165) is 70.6 Å². The number of allylic oxidation sites excluding steroid dienone is 10. The van der Waals surface area contributed by atoms with Crippen molar-refractivity contribution in [2.45, 2.75) is 378 Å². The Morgan fingerprint density at radius 2 is 0.765 bits per heavy atom. The number of amides is 1. The number of hydrogen-bond donors (Lipinski definition) is 6. The highest BCUT2D eigenvalue weighted by atomic mass is 16.7. The van der Waals surface area contributed by atoms with Gasteiger partial charge in [0.15, 0.2) is 6.29 Å². The zero-order valence-corrected chi connectivity index (χ0v) is 53.0. The van der Waals surface area contributed by atoms with Crippen molar-refractivity contribution in [2.24, 2.45) is 0 Å². The van der Waals surface area contributed by atoms with Crippen molar-refractivity contribution in [3.05, 3.63) is 60.8 Å². The van der Waals surface area contributed by atoms with E-state index >= 15 is 0 Å². The van der Waals surface area contributed by atoms with Crippen LogP contribution in [-0.4, -0.2) is 87.5 Å². The molecule has 0 aromatic heterocycles. The number of carbonyl (C=O) groups excluding carboxylic acids is 1. The molecule has 474 valence electrons. The summed E-state index contributed by atoms with van der Waals surface area (Å²) in [6.45, 7) is 3.77. The third kappa shape index (κ3) is 49.8. The molecule has 1 aliphatic rings. The van der Waals surface area contributed by atoms with Gasteiger partial charge in [-0.05, 0) is 57.8 Å². The number of nitrogens with one attached hydrogen (secondary N) is 1. The molecule has 7 atom stereocenters. The van der Waals surface area contributed by atoms with E-state index in [0.29, 0.717) is 12.8 Å². The lowest BCUT2D eigenvalue weighted by molar-refractivity contribution is -0.302. The minimum Gasteiger partial charge on any atom is -0.394 e. The van der Waals surface area contributed by atoms with Crippen molar-refractivity contribution in [2.75, 3.05) is 13.2 Å². The van der Waals surface area contributed by atoms with Gasteiger partial charge >= 0.3 is 0 Å². The maximum absolute atomic E-state index is 13.2. The van der Waals surface area contributed by atoms with Gasteiger partial charge in [-0.3, -0.25) is 4.79 Å². The van der Waals surface area contributed by atoms with Gasteiger partial charge in [0.05, 0.1) is 25.4 Å². The monoisotopic (exact) mass is 1140 g/mol. The van der Waals surface area contributed by atoms with Crippen LogP contribution < -0.4 is 5.32 Å². The molecule has 9 heteroatoms. The first kappa shape index (κ1) is 76.9. The summed E-state index contributed by atoms with van der Waals surface area (Å²) in [7, 11) is 0. The molecule has 1 heterocycles. The highest BCUT2D eigenvalue weighted by Crippen LogP contribution is 2.24. The summed E-state index contributed by atoms with van der Waals surface area (Å²) in [6, 6.07) is -0.724. The smallest absolute Gasteiger partial charge is 0.220 e. The largest absolute Gasteiger partial charge is 0.394 e. The molecule has 1 fully saturated rings. The summed E-state index contributed by atoms with van der Waals surface area (Å²) in [6.07, 6.45) is 77.1. The Morgan fingerprint density at radius 3 is 1.14 bits per heavy atom. The Labute approximate surface area is 500 Å². The zero-order chi connectivity index (χ0) is 58.6. The molecule has 1 saturated heterocycles. The predicted octanol–water partition coefficient (Wildman–Crippen LogP) is 19.0. The summed E-state index contributed by atoms with van der Waals surface area (Å²) >= 11 is 0. The number of aliphatic hydroxyl groups is 5. The van der Waals surface area contributed by atoms with Crippen LogP contribution in [0.3, 0.4) is 0 Å². The van der Waals surface area contributed by atoms with E-state index in [9.17, 15) is 30.3 Å². The number of unbranched alkanes of at least 4 members (excludes halogenated alkanes) is 41. The highest BCUT2D eigenvalue weighted by molar-refractivity contribution is 5.76. The molecule has 0 aliphatic carbocycles. The Balaban J connectivity index is 2.12. The second-order valence-electron chi connectivity index (χ2n) is 24.3. The fourth-order valence-corrected chi connectivity index (χ4v) is 11.2. The first-order valence-corrected chi connectivity index (χ1v) is 35.0. The van der Waals surface area contributed by atoms with Crippen molar-refractivity contribution in [3.8, 4) is 0 Å². The van der Waals surface area contributed by atoms with Gasteiger partial charge in [-0.15, -0.1) is 0 Å². The van der Waals surface area contributed by atoms with E-state index in [1.807, 2.05) is 0 Å². The molecule has 1 aliphatic heterocycles. The van der Waals surface area contributed by atoms with E-state index in [4.69, 9.17) is 9.47 Å². The summed E-state index contributed by atoms with van der Waals surface area (Å²) in [5, 5.41) is 55.0. The molecule has 0 aromatic carbocycles. The molecule has 1 rings (SSSR count). The molecule has 0 radical (unpaired) electrons. The van der Waals surface area contributed by atoms with Crippen LogP contribution in [0.5, 0.6) is 0 Å². The zero-order valence-electron chi connectivity index (χ0n) is 53.0. The fraction of sp³-hybridized carbons (Fsp3) is 0.847. The Bertz CT molecular complexity index is 1460. The molecule has 0 spiro atoms. The molecule has 1 amide bonds. The van der Waals surface area contributed by atoms with E-state index in [1.165, 1.54) is 238 Å². The van der Waals surface area contributed by atoms with Crippen molar-refractivity contribution in [3.63, 3.8) is 0 Å². The fourth-order valence-electron chi connectivity index (χ4n) is 11.2. The van der Waals surface area contributed by atoms with Crippen LogP contribution >= 0.6 is 0 Å². The van der Waals surface area contributed by atoms with E-state index in [1.54, 1.807) is 0 Å². The van der Waals surface area contributed by atoms with Gasteiger partial charge in [-0.1, -0.05) is 331 Å². The molecule has 81 heavy (non-hydrogen) atoms. The number of aliphatic hydroxyl groups excluding tert-OH is 5. The molecule has 9 nitrogen and oxygen atoms in total. The third-order valence-electron chi connectivity index (χ3n) is 16.6. The lowest BCUT2D eigenvalue weighted by Crippen LogP contribution is -2.60. The SMILES string of the molecule is CC/C=C\C/C=C\C/C=C\C/C=C\C/C=C\CCCCCCCCCCCCCCCC(=O)NC(COC1OC(CO)C(O)C(O)C1O)C(O)CCCCCCCCCCCCCCCCCCCCCCCCCCCCCCC. The van der Waals surface area contributed by atoms with Crippen LogP contribution in [-0.2, 0) is 14.3 Å². The molecular weight excluding hydrogens is 1010 g/mol. The van der Waals surface area contributed by atoms with Crippen molar-refractivity contribution >= 4 is 5.91 Å². The van der Waals surface area contributed by atoms with Crippen LogP contribution in [0.2, 0.25) is 0 Å². The lowest BCUT2D eigenvalue weighted by Gasteiger charge is -2.40. The van der Waals surface area contributed by atoms with E-state index in [-0.39, 0.29) is 12.5 Å². The van der Waals surface area contributed by atoms with Gasteiger partial charge in [0.1, 0.15) is 24.4 Å². The summed E-state index contributed by atoms with van der Waals surface area (Å²) in [4.78, 5) is 13.2. The van der Waals surface area contributed by atoms with Gasteiger partial charge in [0.25, 0.3) is 0 Å². The Morgan fingerprint density at radius 1 is 0.432 bits per heavy atom. The van der Waals surface area contributed by atoms with Gasteiger partial charge in [-0.2, -0.15) is 0 Å². The molecular formula is C72H133NO8. The molecule has 0 bridgehead atoms. The molecule has 6 N–H and O–H groups in total. The molecule has 0 saturated carbocycles. The molecule has 0 aromatic rings. The second-order valence-corrected chi connectivity index (χ2v) is 24.3. The minimum absolute atomic E-state index is 0.138. The van der Waals surface area contributed by atoms with Crippen LogP contribution in [0, 0.1) is 0 Å². The topological polar surface area (TPSA) is 149 Å². The highest BCUT2D eigenvalue weighted by Gasteiger charge is 2.44. The number of ether oxygens (including phenoxy) is 2. The van der Waals surface area contributed by atoms with Gasteiger partial charge in [-0.25, -0.2) is 0 Å². The minimum atomic E-state index is -1.56. The standard InChI is InChI=1S/C72H133NO8/c1-3-5-7-9-11-13-15-17-19-21-23-25-27-29-31-33-35-37-39-41-43-45-47-49-51-53-55-57-59-61-66(75)65(64-80-72-71(79)70(78)69(77)67(63-74)81-72)73-68(76)62-60-58-56-54-52-50-48-46-44-42-40-38-36-34-32-30-28-26-24-22-20-18-16-14-12-10-8-6-4-2/h6,8,12,14,18,20,24,26,30,32,65-67,69-72,74-75,77-79H,3-5,7,9-11,13,15-17,19,21-23,25,27-29,31,33-64H2,1-2H3,(H,73,76)/b8-6-,14-12-,20-18-,26-24-,32-30-. The number of carbonyl (C=O) groups is 1. The summed E-state index contributed by atoms with van der Waals surface area (Å²) in [5.74, 6) is -0.142. The van der Waals surface area contributed by atoms with Crippen molar-refractivity contribution < 1.29 is 39.8 Å². The first-order valence-electron chi connectivity index (χ1n) is 35.0. The Kier molecular flexibility index (Phi) is 57.9. The summed E-state index contributed by atoms with van der Waals surface area (Å²) < 4.78 is 11.4.